The van der Waals surface area contributed by atoms with E-state index in [1.807, 2.05) is 0 Å². The molecule has 0 aromatic carbocycles. The maximum atomic E-state index is 14.0. The van der Waals surface area contributed by atoms with Gasteiger partial charge in [0.2, 0.25) is 13.4 Å². The van der Waals surface area contributed by atoms with Crippen molar-refractivity contribution in [1.82, 2.24) is 15.2 Å². The molecule has 0 aliphatic rings. The molecule has 0 heterocycles. The van der Waals surface area contributed by atoms with Crippen molar-refractivity contribution in [1.29, 1.82) is 0 Å². The number of nitrogens with two attached hydrogens (primary N) is 2. The topological polar surface area (TPSA) is 186 Å². The molecule has 0 spiro atoms. The lowest BCUT2D eigenvalue weighted by atomic mass is 10.1. The number of ether oxygens (including phenoxy) is 2. The summed E-state index contributed by atoms with van der Waals surface area (Å²) in [6.07, 6.45) is 3.32. The molecule has 0 bridgehead atoms. The number of rotatable bonds is 20. The van der Waals surface area contributed by atoms with E-state index >= 15 is 0 Å². The second kappa shape index (κ2) is 18.7. The first-order valence-corrected chi connectivity index (χ1v) is 13.9. The standard InChI is InChI=1S/C21H44N5O7P/c1-4-32-20(28)17(11-6-8-14-22)24-34(31,16-10-13-19(27)26(3)30)25-18(12-7-9-15-23)21(29)33-5-2/h17-18,30H,4-16,22-23H2,1-3H3,(H2,24,25,31)/t17-,18-/m0/s1. The summed E-state index contributed by atoms with van der Waals surface area (Å²) in [6.45, 7) is 4.58. The Morgan fingerprint density at radius 3 is 1.68 bits per heavy atom. The molecule has 0 saturated carbocycles. The monoisotopic (exact) mass is 509 g/mol. The van der Waals surface area contributed by atoms with Gasteiger partial charge in [-0.2, -0.15) is 0 Å². The zero-order chi connectivity index (χ0) is 26.0. The lowest BCUT2D eigenvalue weighted by molar-refractivity contribution is -0.159. The number of hydrogen-bond acceptors (Lipinski definition) is 9. The van der Waals surface area contributed by atoms with E-state index in [1.165, 1.54) is 7.05 Å². The molecular formula is C21H44N5O7P. The van der Waals surface area contributed by atoms with Gasteiger partial charge in [0.25, 0.3) is 0 Å². The third-order valence-electron chi connectivity index (χ3n) is 4.99. The minimum absolute atomic E-state index is 0.0355. The fourth-order valence-electron chi connectivity index (χ4n) is 3.23. The summed E-state index contributed by atoms with van der Waals surface area (Å²) in [5.74, 6) is -1.65. The zero-order valence-electron chi connectivity index (χ0n) is 20.8. The van der Waals surface area contributed by atoms with Crippen molar-refractivity contribution in [2.75, 3.05) is 39.5 Å². The van der Waals surface area contributed by atoms with Crippen LogP contribution < -0.4 is 21.6 Å². The summed E-state index contributed by atoms with van der Waals surface area (Å²) in [5, 5.41) is 15.6. The third-order valence-corrected chi connectivity index (χ3v) is 7.39. The molecule has 7 N–H and O–H groups in total. The van der Waals surface area contributed by atoms with Gasteiger partial charge in [0.15, 0.2) is 0 Å². The molecule has 0 rings (SSSR count). The molecule has 0 aromatic heterocycles. The number of carbonyl (C=O) groups excluding carboxylic acids is 3. The second-order valence-corrected chi connectivity index (χ2v) is 10.4. The van der Waals surface area contributed by atoms with Gasteiger partial charge in [-0.15, -0.1) is 0 Å². The number of amides is 1. The molecule has 12 nitrogen and oxygen atoms in total. The molecule has 200 valence electrons. The smallest absolute Gasteiger partial charge is 0.323 e. The van der Waals surface area contributed by atoms with E-state index in [4.69, 9.17) is 20.9 Å². The van der Waals surface area contributed by atoms with Crippen molar-refractivity contribution in [2.24, 2.45) is 11.5 Å². The van der Waals surface area contributed by atoms with Gasteiger partial charge in [-0.3, -0.25) is 24.2 Å². The number of nitrogens with one attached hydrogen (secondary N) is 2. The van der Waals surface area contributed by atoms with E-state index < -0.39 is 37.4 Å². The highest BCUT2D eigenvalue weighted by atomic mass is 31.2. The number of hydroxylamine groups is 2. The molecule has 1 amide bonds. The van der Waals surface area contributed by atoms with Gasteiger partial charge in [-0.1, -0.05) is 12.8 Å². The first kappa shape index (κ1) is 32.4. The van der Waals surface area contributed by atoms with Gasteiger partial charge in [-0.05, 0) is 59.0 Å². The largest absolute Gasteiger partial charge is 0.465 e. The maximum Gasteiger partial charge on any atom is 0.323 e. The Kier molecular flexibility index (Phi) is 17.9. The lowest BCUT2D eigenvalue weighted by Crippen LogP contribution is -2.45. The van der Waals surface area contributed by atoms with Gasteiger partial charge < -0.3 is 20.9 Å². The summed E-state index contributed by atoms with van der Waals surface area (Å²) in [6, 6.07) is -1.76. The second-order valence-electron chi connectivity index (χ2n) is 7.92. The van der Waals surface area contributed by atoms with Crippen LogP contribution >= 0.6 is 7.44 Å². The number of esters is 2. The van der Waals surface area contributed by atoms with Crippen LogP contribution in [-0.2, 0) is 28.4 Å². The zero-order valence-corrected chi connectivity index (χ0v) is 21.7. The predicted octanol–water partition coefficient (Wildman–Crippen LogP) is 1.11. The number of hydrogen-bond donors (Lipinski definition) is 5. The molecule has 13 heteroatoms. The Hall–Kier alpha value is -1.56. The lowest BCUT2D eigenvalue weighted by Gasteiger charge is -2.29. The molecule has 0 aromatic rings. The van der Waals surface area contributed by atoms with Crippen molar-refractivity contribution in [2.45, 2.75) is 77.3 Å². The van der Waals surface area contributed by atoms with Crippen molar-refractivity contribution < 1.29 is 33.6 Å². The van der Waals surface area contributed by atoms with Gasteiger partial charge >= 0.3 is 11.9 Å². The number of nitrogens with zero attached hydrogens (tertiary/aromatic N) is 1. The van der Waals surface area contributed by atoms with Crippen LogP contribution in [0.3, 0.4) is 0 Å². The van der Waals surface area contributed by atoms with Crippen molar-refractivity contribution in [3.05, 3.63) is 0 Å². The van der Waals surface area contributed by atoms with Crippen LogP contribution in [0.5, 0.6) is 0 Å². The van der Waals surface area contributed by atoms with E-state index in [0.29, 0.717) is 56.7 Å². The maximum absolute atomic E-state index is 14.0. The molecular weight excluding hydrogens is 465 g/mol. The van der Waals surface area contributed by atoms with E-state index in [2.05, 4.69) is 10.2 Å². The first-order valence-electron chi connectivity index (χ1n) is 12.0. The van der Waals surface area contributed by atoms with E-state index in [1.54, 1.807) is 13.8 Å². The Labute approximate surface area is 202 Å². The van der Waals surface area contributed by atoms with Gasteiger partial charge in [0, 0.05) is 19.6 Å². The first-order chi connectivity index (χ1) is 16.1. The highest BCUT2D eigenvalue weighted by Gasteiger charge is 2.34. The highest BCUT2D eigenvalue weighted by Crippen LogP contribution is 2.40. The van der Waals surface area contributed by atoms with Crippen molar-refractivity contribution in [3.63, 3.8) is 0 Å². The average Bonchev–Trinajstić information content (AvgIpc) is 2.78. The third kappa shape index (κ3) is 14.0. The van der Waals surface area contributed by atoms with Crippen LogP contribution in [0.1, 0.15) is 65.2 Å². The molecule has 0 aliphatic heterocycles. The predicted molar refractivity (Wildman–Crippen MR) is 129 cm³/mol. The SMILES string of the molecule is CCOC(=O)[C@H](CCCCN)NP(=O)(CCCC(=O)N(C)O)N[C@@H](CCCCN)C(=O)OCC. The van der Waals surface area contributed by atoms with E-state index in [-0.39, 0.29) is 32.2 Å². The van der Waals surface area contributed by atoms with Crippen LogP contribution in [0, 0.1) is 0 Å². The summed E-state index contributed by atoms with van der Waals surface area (Å²) in [5.41, 5.74) is 11.1. The fraction of sp³-hybridized carbons (Fsp3) is 0.857. The van der Waals surface area contributed by atoms with E-state index in [9.17, 15) is 24.2 Å². The molecule has 0 fully saturated rings. The Balaban J connectivity index is 5.74. The summed E-state index contributed by atoms with van der Waals surface area (Å²) in [4.78, 5) is 36.9. The summed E-state index contributed by atoms with van der Waals surface area (Å²) < 4.78 is 24.3. The van der Waals surface area contributed by atoms with Gasteiger partial charge in [0.05, 0.1) is 13.2 Å². The fourth-order valence-corrected chi connectivity index (χ4v) is 5.64. The number of carbonyl (C=O) groups is 3. The van der Waals surface area contributed by atoms with Crippen LogP contribution in [0.4, 0.5) is 0 Å². The molecule has 0 aliphatic carbocycles. The highest BCUT2D eigenvalue weighted by molar-refractivity contribution is 7.59. The van der Waals surface area contributed by atoms with Gasteiger partial charge in [-0.25, -0.2) is 15.2 Å². The normalized spacial score (nSPS) is 13.2. The molecule has 0 saturated heterocycles. The quantitative estimate of drug-likeness (QED) is 0.0520. The Morgan fingerprint density at radius 1 is 0.882 bits per heavy atom. The minimum Gasteiger partial charge on any atom is -0.465 e. The van der Waals surface area contributed by atoms with Crippen LogP contribution in [-0.4, -0.2) is 79.7 Å². The minimum atomic E-state index is -3.59. The van der Waals surface area contributed by atoms with Gasteiger partial charge in [0.1, 0.15) is 12.1 Å². The Morgan fingerprint density at radius 2 is 1.32 bits per heavy atom. The van der Waals surface area contributed by atoms with Crippen LogP contribution in [0.15, 0.2) is 0 Å². The molecule has 0 radical (unpaired) electrons. The number of unbranched alkanes of at least 4 members (excludes halogenated alkanes) is 2. The van der Waals surface area contributed by atoms with Crippen LogP contribution in [0.25, 0.3) is 0 Å². The van der Waals surface area contributed by atoms with E-state index in [0.717, 1.165) is 0 Å². The Bertz CT molecular complexity index is 613. The van der Waals surface area contributed by atoms with Crippen molar-refractivity contribution in [3.8, 4) is 0 Å². The molecule has 34 heavy (non-hydrogen) atoms. The van der Waals surface area contributed by atoms with Crippen molar-refractivity contribution >= 4 is 25.3 Å². The van der Waals surface area contributed by atoms with Crippen LogP contribution in [0.2, 0.25) is 0 Å². The summed E-state index contributed by atoms with van der Waals surface area (Å²) in [7, 11) is -2.38. The molecule has 0 unspecified atom stereocenters. The summed E-state index contributed by atoms with van der Waals surface area (Å²) >= 11 is 0. The average molecular weight is 510 g/mol. The molecule has 2 atom stereocenters.